The lowest BCUT2D eigenvalue weighted by molar-refractivity contribution is -0.136. The number of carboxylic acid groups (broad SMARTS) is 1. The first-order valence-corrected chi connectivity index (χ1v) is 6.25. The summed E-state index contributed by atoms with van der Waals surface area (Å²) in [6.07, 6.45) is 0.800. The number of hydrogen-bond donors (Lipinski definition) is 1. The predicted octanol–water partition coefficient (Wildman–Crippen LogP) is 1.94. The minimum absolute atomic E-state index is 0.0799. The summed E-state index contributed by atoms with van der Waals surface area (Å²) in [5.41, 5.74) is 0.375. The van der Waals surface area contributed by atoms with Crippen molar-refractivity contribution in [3.05, 3.63) is 33.7 Å². The first-order valence-electron chi connectivity index (χ1n) is 4.39. The highest BCUT2D eigenvalue weighted by atomic mass is 35.5. The lowest BCUT2D eigenvalue weighted by Gasteiger charge is -2.01. The summed E-state index contributed by atoms with van der Waals surface area (Å²) in [4.78, 5) is 10.5. The Bertz CT molecular complexity index is 601. The molecule has 0 aromatic heterocycles. The fourth-order valence-electron chi connectivity index (χ4n) is 1.57. The van der Waals surface area contributed by atoms with E-state index in [-0.39, 0.29) is 9.80 Å². The Morgan fingerprint density at radius 1 is 1.38 bits per heavy atom. The van der Waals surface area contributed by atoms with Crippen molar-refractivity contribution in [3.63, 3.8) is 0 Å². The molecule has 0 atom stereocenters. The van der Waals surface area contributed by atoms with Gasteiger partial charge in [0.2, 0.25) is 9.84 Å². The largest absolute Gasteiger partial charge is 0.481 e. The Morgan fingerprint density at radius 2 is 2.06 bits per heavy atom. The predicted molar refractivity (Wildman–Crippen MR) is 58.9 cm³/mol. The van der Waals surface area contributed by atoms with Crippen molar-refractivity contribution in [2.75, 3.05) is 0 Å². The van der Waals surface area contributed by atoms with Gasteiger partial charge in [-0.3, -0.25) is 4.79 Å². The Balaban J connectivity index is 2.61. The molecule has 1 aromatic rings. The van der Waals surface area contributed by atoms with Gasteiger partial charge in [-0.05, 0) is 18.2 Å². The molecule has 2 rings (SSSR count). The fraction of sp³-hybridized carbons (Fsp3) is 0.100. The van der Waals surface area contributed by atoms with Crippen molar-refractivity contribution in [2.24, 2.45) is 0 Å². The van der Waals surface area contributed by atoms with Gasteiger partial charge in [0, 0.05) is 10.6 Å². The third-order valence-electron chi connectivity index (χ3n) is 2.28. The maximum Gasteiger partial charge on any atom is 0.308 e. The van der Waals surface area contributed by atoms with Crippen LogP contribution in [0.2, 0.25) is 5.02 Å². The molecule has 1 heterocycles. The molecule has 4 nitrogen and oxygen atoms in total. The van der Waals surface area contributed by atoms with Crippen LogP contribution in [-0.4, -0.2) is 19.5 Å². The molecular formula is C10H7ClO4S. The van der Waals surface area contributed by atoms with Crippen LogP contribution in [0, 0.1) is 0 Å². The second kappa shape index (κ2) is 3.61. The Hall–Kier alpha value is -1.33. The standard InChI is InChI=1S/C10H7ClO4S/c11-8-2-1-3-9-7(8)4-6(5-10(12)13)16(9,14)15/h1-4H,5H2,(H,12,13). The van der Waals surface area contributed by atoms with Crippen LogP contribution >= 0.6 is 11.6 Å². The number of fused-ring (bicyclic) bond motifs is 1. The number of carboxylic acids is 1. The van der Waals surface area contributed by atoms with E-state index in [0.29, 0.717) is 10.6 Å². The monoisotopic (exact) mass is 258 g/mol. The van der Waals surface area contributed by atoms with Crippen LogP contribution in [0.3, 0.4) is 0 Å². The van der Waals surface area contributed by atoms with Crippen molar-refractivity contribution < 1.29 is 18.3 Å². The highest BCUT2D eigenvalue weighted by molar-refractivity contribution is 7.95. The topological polar surface area (TPSA) is 71.4 Å². The van der Waals surface area contributed by atoms with Gasteiger partial charge < -0.3 is 5.11 Å². The maximum absolute atomic E-state index is 11.9. The maximum atomic E-state index is 11.9. The van der Waals surface area contributed by atoms with E-state index in [9.17, 15) is 13.2 Å². The summed E-state index contributed by atoms with van der Waals surface area (Å²) in [6.45, 7) is 0. The molecule has 1 N–H and O–H groups in total. The number of hydrogen-bond acceptors (Lipinski definition) is 3. The van der Waals surface area contributed by atoms with Gasteiger partial charge in [0.1, 0.15) is 0 Å². The van der Waals surface area contributed by atoms with Crippen LogP contribution in [0.15, 0.2) is 28.0 Å². The van der Waals surface area contributed by atoms with Crippen molar-refractivity contribution in [3.8, 4) is 0 Å². The van der Waals surface area contributed by atoms with E-state index in [1.165, 1.54) is 18.2 Å². The van der Waals surface area contributed by atoms with E-state index in [0.717, 1.165) is 0 Å². The molecule has 0 fully saturated rings. The van der Waals surface area contributed by atoms with E-state index >= 15 is 0 Å². The molecule has 1 aromatic carbocycles. The molecule has 0 amide bonds. The van der Waals surface area contributed by atoms with Gasteiger partial charge in [-0.1, -0.05) is 17.7 Å². The molecule has 6 heteroatoms. The SMILES string of the molecule is O=C(O)CC1=Cc2c(Cl)cccc2S1(=O)=O. The number of benzene rings is 1. The van der Waals surface area contributed by atoms with E-state index in [2.05, 4.69) is 0 Å². The van der Waals surface area contributed by atoms with Crippen molar-refractivity contribution in [1.82, 2.24) is 0 Å². The summed E-state index contributed by atoms with van der Waals surface area (Å²) in [7, 11) is -3.67. The number of rotatable bonds is 2. The zero-order chi connectivity index (χ0) is 11.9. The average molecular weight is 259 g/mol. The first kappa shape index (κ1) is 11.2. The third kappa shape index (κ3) is 1.62. The molecule has 16 heavy (non-hydrogen) atoms. The summed E-state index contributed by atoms with van der Waals surface area (Å²) < 4.78 is 23.8. The molecule has 0 unspecified atom stereocenters. The molecule has 0 aliphatic carbocycles. The number of carbonyl (C=O) groups is 1. The van der Waals surface area contributed by atoms with Crippen molar-refractivity contribution in [1.29, 1.82) is 0 Å². The number of sulfone groups is 1. The van der Waals surface area contributed by atoms with Gasteiger partial charge in [-0.25, -0.2) is 8.42 Å². The van der Waals surface area contributed by atoms with Gasteiger partial charge in [-0.15, -0.1) is 0 Å². The van der Waals surface area contributed by atoms with Crippen LogP contribution in [-0.2, 0) is 14.6 Å². The summed E-state index contributed by atoms with van der Waals surface area (Å²) >= 11 is 5.84. The van der Waals surface area contributed by atoms with E-state index in [1.54, 1.807) is 6.07 Å². The quantitative estimate of drug-likeness (QED) is 0.880. The first-order chi connectivity index (χ1) is 7.43. The second-order valence-electron chi connectivity index (χ2n) is 3.34. The molecule has 84 valence electrons. The molecule has 0 radical (unpaired) electrons. The normalized spacial score (nSPS) is 16.7. The van der Waals surface area contributed by atoms with Crippen LogP contribution in [0.1, 0.15) is 12.0 Å². The van der Waals surface area contributed by atoms with Crippen molar-refractivity contribution >= 4 is 33.5 Å². The highest BCUT2D eigenvalue weighted by Crippen LogP contribution is 2.37. The number of aliphatic carboxylic acids is 1. The smallest absolute Gasteiger partial charge is 0.308 e. The fourth-order valence-corrected chi connectivity index (χ4v) is 3.44. The molecule has 0 spiro atoms. The third-order valence-corrected chi connectivity index (χ3v) is 4.50. The van der Waals surface area contributed by atoms with Gasteiger partial charge in [0.15, 0.2) is 0 Å². The van der Waals surface area contributed by atoms with Gasteiger partial charge in [0.05, 0.1) is 16.2 Å². The van der Waals surface area contributed by atoms with Crippen molar-refractivity contribution in [2.45, 2.75) is 11.3 Å². The summed E-state index contributed by atoms with van der Waals surface area (Å²) in [6, 6.07) is 4.51. The van der Waals surface area contributed by atoms with Crippen LogP contribution in [0.4, 0.5) is 0 Å². The molecule has 0 saturated heterocycles. The Kier molecular flexibility index (Phi) is 2.52. The van der Waals surface area contributed by atoms with Gasteiger partial charge >= 0.3 is 5.97 Å². The molecule has 1 aliphatic rings. The van der Waals surface area contributed by atoms with Crippen LogP contribution in [0.25, 0.3) is 6.08 Å². The number of halogens is 1. The van der Waals surface area contributed by atoms with Gasteiger partial charge in [0.25, 0.3) is 0 Å². The highest BCUT2D eigenvalue weighted by Gasteiger charge is 2.31. The lowest BCUT2D eigenvalue weighted by Crippen LogP contribution is -2.05. The van der Waals surface area contributed by atoms with Gasteiger partial charge in [-0.2, -0.15) is 0 Å². The average Bonchev–Trinajstić information content (AvgIpc) is 2.41. The summed E-state index contributed by atoms with van der Waals surface area (Å²) in [5, 5.41) is 8.92. The Morgan fingerprint density at radius 3 is 2.62 bits per heavy atom. The van der Waals surface area contributed by atoms with Crippen LogP contribution in [0.5, 0.6) is 0 Å². The zero-order valence-electron chi connectivity index (χ0n) is 7.97. The molecular weight excluding hydrogens is 252 g/mol. The minimum atomic E-state index is -3.67. The Labute approximate surface area is 97.1 Å². The molecule has 1 aliphatic heterocycles. The van der Waals surface area contributed by atoms with Crippen LogP contribution < -0.4 is 0 Å². The lowest BCUT2D eigenvalue weighted by atomic mass is 10.2. The minimum Gasteiger partial charge on any atom is -0.481 e. The van der Waals surface area contributed by atoms with E-state index in [4.69, 9.17) is 16.7 Å². The van der Waals surface area contributed by atoms with E-state index in [1.807, 2.05) is 0 Å². The summed E-state index contributed by atoms with van der Waals surface area (Å²) in [5.74, 6) is -1.18. The molecule has 0 bridgehead atoms. The molecule has 0 saturated carbocycles. The van der Waals surface area contributed by atoms with E-state index < -0.39 is 22.2 Å². The zero-order valence-corrected chi connectivity index (χ0v) is 9.55. The second-order valence-corrected chi connectivity index (χ2v) is 5.71.